The number of anilines is 1. The highest BCUT2D eigenvalue weighted by Crippen LogP contribution is 2.21. The van der Waals surface area contributed by atoms with E-state index in [1.807, 2.05) is 44.2 Å². The zero-order valence-corrected chi connectivity index (χ0v) is 17.6. The van der Waals surface area contributed by atoms with Crippen molar-refractivity contribution >= 4 is 21.6 Å². The highest BCUT2D eigenvalue weighted by molar-refractivity contribution is 7.89. The van der Waals surface area contributed by atoms with Crippen molar-refractivity contribution < 1.29 is 17.9 Å². The second-order valence-electron chi connectivity index (χ2n) is 6.95. The van der Waals surface area contributed by atoms with Gasteiger partial charge in [-0.2, -0.15) is 0 Å². The van der Waals surface area contributed by atoms with Crippen LogP contribution >= 0.6 is 0 Å². The summed E-state index contributed by atoms with van der Waals surface area (Å²) in [7, 11) is -3.66. The molecule has 30 heavy (non-hydrogen) atoms. The summed E-state index contributed by atoms with van der Waals surface area (Å²) in [4.78, 5) is 12.8. The third-order valence-corrected chi connectivity index (χ3v) is 5.64. The van der Waals surface area contributed by atoms with E-state index in [1.165, 1.54) is 12.1 Å². The van der Waals surface area contributed by atoms with E-state index in [0.29, 0.717) is 17.0 Å². The van der Waals surface area contributed by atoms with Crippen LogP contribution in [0, 0.1) is 0 Å². The van der Waals surface area contributed by atoms with E-state index in [1.54, 1.807) is 36.4 Å². The van der Waals surface area contributed by atoms with Gasteiger partial charge in [-0.25, -0.2) is 13.1 Å². The Morgan fingerprint density at radius 3 is 2.20 bits per heavy atom. The molecule has 0 saturated carbocycles. The summed E-state index contributed by atoms with van der Waals surface area (Å²) in [5.74, 6) is 0.165. The van der Waals surface area contributed by atoms with Crippen LogP contribution in [0.15, 0.2) is 83.8 Å². The molecule has 0 aliphatic heterocycles. The molecule has 0 fully saturated rings. The molecule has 0 atom stereocenters. The Kier molecular flexibility index (Phi) is 6.87. The average Bonchev–Trinajstić information content (AvgIpc) is 2.73. The molecular weight excluding hydrogens is 400 g/mol. The van der Waals surface area contributed by atoms with Gasteiger partial charge >= 0.3 is 0 Å². The molecule has 1 amide bonds. The first kappa shape index (κ1) is 21.5. The molecule has 3 aromatic rings. The molecule has 2 N–H and O–H groups in total. The summed E-state index contributed by atoms with van der Waals surface area (Å²) >= 11 is 0. The fourth-order valence-electron chi connectivity index (χ4n) is 2.78. The van der Waals surface area contributed by atoms with Crippen LogP contribution in [0.1, 0.15) is 29.8 Å². The van der Waals surface area contributed by atoms with Crippen LogP contribution in [0.25, 0.3) is 0 Å². The van der Waals surface area contributed by atoms with Gasteiger partial charge in [0.05, 0.1) is 16.6 Å². The van der Waals surface area contributed by atoms with Crippen molar-refractivity contribution in [1.29, 1.82) is 0 Å². The highest BCUT2D eigenvalue weighted by atomic mass is 32.2. The number of para-hydroxylation sites is 1. The summed E-state index contributed by atoms with van der Waals surface area (Å²) in [5, 5.41) is 2.77. The molecule has 7 heteroatoms. The van der Waals surface area contributed by atoms with Gasteiger partial charge in [0.15, 0.2) is 0 Å². The van der Waals surface area contributed by atoms with Gasteiger partial charge in [-0.1, -0.05) is 42.5 Å². The first-order valence-electron chi connectivity index (χ1n) is 9.56. The summed E-state index contributed by atoms with van der Waals surface area (Å²) in [6.07, 6.45) is -0.0631. The summed E-state index contributed by atoms with van der Waals surface area (Å²) in [6, 6.07) is 22.3. The van der Waals surface area contributed by atoms with Gasteiger partial charge < -0.3 is 10.1 Å². The average molecular weight is 425 g/mol. The first-order chi connectivity index (χ1) is 14.3. The van der Waals surface area contributed by atoms with Crippen molar-refractivity contribution in [3.05, 3.63) is 90.0 Å². The molecule has 0 heterocycles. The van der Waals surface area contributed by atoms with Gasteiger partial charge in [-0.05, 0) is 55.8 Å². The maximum Gasteiger partial charge on any atom is 0.259 e. The molecule has 0 saturated heterocycles. The summed E-state index contributed by atoms with van der Waals surface area (Å²) in [5.41, 5.74) is 1.76. The van der Waals surface area contributed by atoms with Crippen LogP contribution in [-0.4, -0.2) is 20.4 Å². The van der Waals surface area contributed by atoms with E-state index >= 15 is 0 Å². The smallest absolute Gasteiger partial charge is 0.259 e. The van der Waals surface area contributed by atoms with Gasteiger partial charge in [0.25, 0.3) is 5.91 Å². The van der Waals surface area contributed by atoms with E-state index in [2.05, 4.69) is 10.0 Å². The second-order valence-corrected chi connectivity index (χ2v) is 8.72. The quantitative estimate of drug-likeness (QED) is 0.567. The van der Waals surface area contributed by atoms with Crippen LogP contribution in [0.5, 0.6) is 5.75 Å². The van der Waals surface area contributed by atoms with Gasteiger partial charge in [0.1, 0.15) is 5.75 Å². The van der Waals surface area contributed by atoms with Crippen LogP contribution in [-0.2, 0) is 16.6 Å². The SMILES string of the molecule is CC(C)Oc1ccccc1C(=O)Nc1ccc(S(=O)(=O)NCc2ccccc2)cc1. The van der Waals surface area contributed by atoms with Gasteiger partial charge in [-0.15, -0.1) is 0 Å². The molecule has 3 aromatic carbocycles. The Balaban J connectivity index is 1.68. The Labute approximate surface area is 177 Å². The number of benzene rings is 3. The predicted molar refractivity (Wildman–Crippen MR) is 117 cm³/mol. The van der Waals surface area contributed by atoms with Crippen molar-refractivity contribution in [2.24, 2.45) is 0 Å². The summed E-state index contributed by atoms with van der Waals surface area (Å²) in [6.45, 7) is 3.98. The Hall–Kier alpha value is -3.16. The first-order valence-corrected chi connectivity index (χ1v) is 11.0. The van der Waals surface area contributed by atoms with E-state index in [9.17, 15) is 13.2 Å². The lowest BCUT2D eigenvalue weighted by Gasteiger charge is -2.14. The number of hydrogen-bond acceptors (Lipinski definition) is 4. The summed E-state index contributed by atoms with van der Waals surface area (Å²) < 4.78 is 33.2. The van der Waals surface area contributed by atoms with Crippen LogP contribution in [0.4, 0.5) is 5.69 Å². The highest BCUT2D eigenvalue weighted by Gasteiger charge is 2.16. The molecule has 156 valence electrons. The molecule has 6 nitrogen and oxygen atoms in total. The maximum atomic E-state index is 12.6. The van der Waals surface area contributed by atoms with Crippen LogP contribution < -0.4 is 14.8 Å². The molecule has 3 rings (SSSR count). The molecule has 0 aliphatic carbocycles. The Morgan fingerprint density at radius 1 is 0.900 bits per heavy atom. The molecule has 0 bridgehead atoms. The van der Waals surface area contributed by atoms with Crippen molar-refractivity contribution in [1.82, 2.24) is 4.72 Å². The van der Waals surface area contributed by atoms with Gasteiger partial charge in [-0.3, -0.25) is 4.79 Å². The number of amides is 1. The lowest BCUT2D eigenvalue weighted by atomic mass is 10.1. The van der Waals surface area contributed by atoms with E-state index in [-0.39, 0.29) is 23.5 Å². The molecule has 0 unspecified atom stereocenters. The van der Waals surface area contributed by atoms with E-state index < -0.39 is 10.0 Å². The monoisotopic (exact) mass is 424 g/mol. The predicted octanol–water partition coefficient (Wildman–Crippen LogP) is 4.20. The fourth-order valence-corrected chi connectivity index (χ4v) is 3.80. The van der Waals surface area contributed by atoms with Gasteiger partial charge in [0, 0.05) is 12.2 Å². The minimum Gasteiger partial charge on any atom is -0.490 e. The number of hydrogen-bond donors (Lipinski definition) is 2. The topological polar surface area (TPSA) is 84.5 Å². The standard InChI is InChI=1S/C23H24N2O4S/c1-17(2)29-22-11-7-6-10-21(22)23(26)25-19-12-14-20(15-13-19)30(27,28)24-16-18-8-4-3-5-9-18/h3-15,17,24H,16H2,1-2H3,(H,25,26). The number of ether oxygens (including phenoxy) is 1. The van der Waals surface area contributed by atoms with Crippen molar-refractivity contribution in [3.63, 3.8) is 0 Å². The lowest BCUT2D eigenvalue weighted by Crippen LogP contribution is -2.23. The van der Waals surface area contributed by atoms with Crippen molar-refractivity contribution in [3.8, 4) is 5.75 Å². The number of carbonyl (C=O) groups is 1. The minimum atomic E-state index is -3.66. The largest absolute Gasteiger partial charge is 0.490 e. The molecule has 0 radical (unpaired) electrons. The zero-order chi connectivity index (χ0) is 21.6. The second kappa shape index (κ2) is 9.56. The van der Waals surface area contributed by atoms with Gasteiger partial charge in [0.2, 0.25) is 10.0 Å². The third kappa shape index (κ3) is 5.68. The Bertz CT molecular complexity index is 1100. The number of rotatable bonds is 8. The van der Waals surface area contributed by atoms with E-state index in [4.69, 9.17) is 4.74 Å². The number of carbonyl (C=O) groups excluding carboxylic acids is 1. The normalized spacial score (nSPS) is 11.3. The third-order valence-electron chi connectivity index (χ3n) is 4.23. The van der Waals surface area contributed by atoms with Crippen LogP contribution in [0.3, 0.4) is 0 Å². The number of sulfonamides is 1. The van der Waals surface area contributed by atoms with Crippen molar-refractivity contribution in [2.45, 2.75) is 31.4 Å². The van der Waals surface area contributed by atoms with Crippen molar-refractivity contribution in [2.75, 3.05) is 5.32 Å². The lowest BCUT2D eigenvalue weighted by molar-refractivity contribution is 0.102. The minimum absolute atomic E-state index is 0.0631. The van der Waals surface area contributed by atoms with Crippen LogP contribution in [0.2, 0.25) is 0 Å². The molecule has 0 spiro atoms. The van der Waals surface area contributed by atoms with E-state index in [0.717, 1.165) is 5.56 Å². The molecule has 0 aliphatic rings. The molecule has 0 aromatic heterocycles. The Morgan fingerprint density at radius 2 is 1.53 bits per heavy atom. The maximum absolute atomic E-state index is 12.6. The fraction of sp³-hybridized carbons (Fsp3) is 0.174. The molecular formula is C23H24N2O4S. The zero-order valence-electron chi connectivity index (χ0n) is 16.8. The number of nitrogens with one attached hydrogen (secondary N) is 2.